The maximum atomic E-state index is 12.2. The molecule has 3 N–H and O–H groups in total. The van der Waals surface area contributed by atoms with Gasteiger partial charge in [-0.1, -0.05) is 30.8 Å². The molecule has 2 fully saturated rings. The first-order chi connectivity index (χ1) is 11.7. The molecule has 0 spiro atoms. The summed E-state index contributed by atoms with van der Waals surface area (Å²) in [6.07, 6.45) is 8.76. The van der Waals surface area contributed by atoms with Crippen LogP contribution >= 0.6 is 0 Å². The highest BCUT2D eigenvalue weighted by Crippen LogP contribution is 2.32. The maximum absolute atomic E-state index is 12.2. The third kappa shape index (κ3) is 4.06. The van der Waals surface area contributed by atoms with E-state index < -0.39 is 0 Å². The quantitative estimate of drug-likeness (QED) is 0.767. The first-order valence-corrected chi connectivity index (χ1v) is 9.18. The van der Waals surface area contributed by atoms with Gasteiger partial charge in [0.15, 0.2) is 5.82 Å². The van der Waals surface area contributed by atoms with Crippen LogP contribution in [0.2, 0.25) is 0 Å². The van der Waals surface area contributed by atoms with Gasteiger partial charge in [-0.15, -0.1) is 0 Å². The zero-order valence-electron chi connectivity index (χ0n) is 14.3. The summed E-state index contributed by atoms with van der Waals surface area (Å²) in [5, 5.41) is 19.4. The van der Waals surface area contributed by atoms with Gasteiger partial charge in [-0.05, 0) is 32.6 Å². The molecule has 7 nitrogen and oxygen atoms in total. The van der Waals surface area contributed by atoms with Crippen LogP contribution in [0.5, 0.6) is 0 Å². The highest BCUT2D eigenvalue weighted by atomic mass is 16.5. The molecule has 2 amide bonds. The summed E-state index contributed by atoms with van der Waals surface area (Å²) >= 11 is 0. The molecule has 1 aromatic heterocycles. The average Bonchev–Trinajstić information content (AvgIpc) is 3.26. The third-order valence-electron chi connectivity index (χ3n) is 5.36. The summed E-state index contributed by atoms with van der Waals surface area (Å²) in [5.41, 5.74) is 0. The minimum atomic E-state index is -0.330. The first-order valence-electron chi connectivity index (χ1n) is 9.18. The molecular formula is C17H28N4O3. The first kappa shape index (κ1) is 17.2. The van der Waals surface area contributed by atoms with E-state index in [9.17, 15) is 9.90 Å². The van der Waals surface area contributed by atoms with Gasteiger partial charge in [0, 0.05) is 24.5 Å². The molecule has 0 radical (unpaired) electrons. The second-order valence-electron chi connectivity index (χ2n) is 7.15. The van der Waals surface area contributed by atoms with Crippen LogP contribution in [0.4, 0.5) is 4.79 Å². The van der Waals surface area contributed by atoms with Crippen molar-refractivity contribution in [3.63, 3.8) is 0 Å². The number of amides is 2. The van der Waals surface area contributed by atoms with Gasteiger partial charge in [-0.3, -0.25) is 0 Å². The van der Waals surface area contributed by atoms with Gasteiger partial charge in [0.25, 0.3) is 0 Å². The Bertz CT molecular complexity index is 542. The fraction of sp³-hybridized carbons (Fsp3) is 0.824. The van der Waals surface area contributed by atoms with E-state index in [2.05, 4.69) is 20.8 Å². The van der Waals surface area contributed by atoms with Gasteiger partial charge in [-0.25, -0.2) is 4.79 Å². The molecule has 2 aliphatic carbocycles. The number of aliphatic hydroxyl groups is 1. The lowest BCUT2D eigenvalue weighted by Crippen LogP contribution is -2.48. The van der Waals surface area contributed by atoms with E-state index in [4.69, 9.17) is 4.52 Å². The van der Waals surface area contributed by atoms with Crippen molar-refractivity contribution >= 4 is 6.03 Å². The summed E-state index contributed by atoms with van der Waals surface area (Å²) in [6, 6.07) is -0.537. The smallest absolute Gasteiger partial charge is 0.315 e. The Kier molecular flexibility index (Phi) is 5.71. The van der Waals surface area contributed by atoms with Crippen LogP contribution in [0.25, 0.3) is 0 Å². The maximum Gasteiger partial charge on any atom is 0.315 e. The van der Waals surface area contributed by atoms with Gasteiger partial charge < -0.3 is 20.3 Å². The summed E-state index contributed by atoms with van der Waals surface area (Å²) in [6.45, 7) is 1.96. The second-order valence-corrected chi connectivity index (χ2v) is 7.15. The van der Waals surface area contributed by atoms with Crippen molar-refractivity contribution in [1.29, 1.82) is 0 Å². The number of rotatable bonds is 5. The summed E-state index contributed by atoms with van der Waals surface area (Å²) in [7, 11) is 0. The topological polar surface area (TPSA) is 100 Å². The van der Waals surface area contributed by atoms with Crippen LogP contribution < -0.4 is 10.6 Å². The van der Waals surface area contributed by atoms with Crippen LogP contribution in [0.15, 0.2) is 4.52 Å². The molecule has 0 bridgehead atoms. The molecule has 0 aliphatic heterocycles. The fourth-order valence-corrected chi connectivity index (χ4v) is 3.86. The van der Waals surface area contributed by atoms with E-state index in [1.54, 1.807) is 0 Å². The Morgan fingerprint density at radius 3 is 2.71 bits per heavy atom. The van der Waals surface area contributed by atoms with Gasteiger partial charge in [0.05, 0.1) is 0 Å². The fourth-order valence-electron chi connectivity index (χ4n) is 3.86. The van der Waals surface area contributed by atoms with E-state index in [0.717, 1.165) is 44.3 Å². The minimum Gasteiger partial charge on any atom is -0.396 e. The van der Waals surface area contributed by atoms with Gasteiger partial charge in [0.2, 0.25) is 5.89 Å². The van der Waals surface area contributed by atoms with E-state index in [0.29, 0.717) is 11.8 Å². The molecule has 2 aliphatic rings. The zero-order chi connectivity index (χ0) is 16.9. The molecule has 3 rings (SSSR count). The SMILES string of the molecule is C[C@H](NC(=O)N[C@H]1CCCC[C@H]1CO)c1nc(C2CCCC2)no1. The summed E-state index contributed by atoms with van der Waals surface area (Å²) < 4.78 is 5.33. The zero-order valence-corrected chi connectivity index (χ0v) is 14.3. The predicted octanol–water partition coefficient (Wildman–Crippen LogP) is 2.64. The van der Waals surface area contributed by atoms with E-state index in [1.807, 2.05) is 6.92 Å². The lowest BCUT2D eigenvalue weighted by atomic mass is 9.85. The lowest BCUT2D eigenvalue weighted by Gasteiger charge is -2.31. The molecule has 7 heteroatoms. The van der Waals surface area contributed by atoms with E-state index >= 15 is 0 Å². The Labute approximate surface area is 142 Å². The van der Waals surface area contributed by atoms with Crippen LogP contribution in [-0.4, -0.2) is 33.9 Å². The second kappa shape index (κ2) is 7.96. The molecule has 0 unspecified atom stereocenters. The molecule has 1 heterocycles. The number of nitrogens with zero attached hydrogens (tertiary/aromatic N) is 2. The molecule has 1 aromatic rings. The van der Waals surface area contributed by atoms with Crippen LogP contribution in [0.1, 0.15) is 82.0 Å². The molecule has 2 saturated carbocycles. The largest absolute Gasteiger partial charge is 0.396 e. The number of hydrogen-bond acceptors (Lipinski definition) is 5. The number of carbonyl (C=O) groups is 1. The molecule has 3 atom stereocenters. The highest BCUT2D eigenvalue weighted by Gasteiger charge is 2.27. The van der Waals surface area contributed by atoms with Crippen molar-refractivity contribution in [3.05, 3.63) is 11.7 Å². The van der Waals surface area contributed by atoms with Crippen LogP contribution in [0, 0.1) is 5.92 Å². The molecular weight excluding hydrogens is 308 g/mol. The van der Waals surface area contributed by atoms with Gasteiger partial charge in [-0.2, -0.15) is 4.98 Å². The van der Waals surface area contributed by atoms with Gasteiger partial charge >= 0.3 is 6.03 Å². The van der Waals surface area contributed by atoms with Gasteiger partial charge in [0.1, 0.15) is 6.04 Å². The molecule has 0 saturated heterocycles. The summed E-state index contributed by atoms with van der Waals surface area (Å²) in [5.74, 6) is 1.77. The number of carbonyl (C=O) groups excluding carboxylic acids is 1. The number of hydrogen-bond donors (Lipinski definition) is 3. The Morgan fingerprint density at radius 1 is 1.25 bits per heavy atom. The molecule has 0 aromatic carbocycles. The number of urea groups is 1. The average molecular weight is 336 g/mol. The van der Waals surface area contributed by atoms with Crippen molar-refractivity contribution in [3.8, 4) is 0 Å². The number of aromatic nitrogens is 2. The van der Waals surface area contributed by atoms with E-state index in [-0.39, 0.29) is 30.6 Å². The minimum absolute atomic E-state index is 0.0349. The standard InChI is InChI=1S/C17H28N4O3/c1-11(16-20-15(21-24-16)12-6-2-3-7-12)18-17(23)19-14-9-5-4-8-13(14)10-22/h11-14,22H,2-10H2,1H3,(H2,18,19,23)/t11-,13-,14-/m0/s1. The summed E-state index contributed by atoms with van der Waals surface area (Å²) in [4.78, 5) is 16.7. The van der Waals surface area contributed by atoms with Crippen molar-refractivity contribution in [2.45, 2.75) is 76.3 Å². The Morgan fingerprint density at radius 2 is 1.96 bits per heavy atom. The van der Waals surface area contributed by atoms with Crippen LogP contribution in [0.3, 0.4) is 0 Å². The Balaban J connectivity index is 1.52. The highest BCUT2D eigenvalue weighted by molar-refractivity contribution is 5.74. The third-order valence-corrected chi connectivity index (χ3v) is 5.36. The van der Waals surface area contributed by atoms with Crippen molar-refractivity contribution in [2.75, 3.05) is 6.61 Å². The van der Waals surface area contributed by atoms with E-state index in [1.165, 1.54) is 12.8 Å². The number of aliphatic hydroxyl groups excluding tert-OH is 1. The normalized spacial score (nSPS) is 26.2. The van der Waals surface area contributed by atoms with Crippen LogP contribution in [-0.2, 0) is 0 Å². The van der Waals surface area contributed by atoms with Crippen molar-refractivity contribution in [2.24, 2.45) is 5.92 Å². The Hall–Kier alpha value is -1.63. The predicted molar refractivity (Wildman–Crippen MR) is 88.4 cm³/mol. The van der Waals surface area contributed by atoms with Crippen molar-refractivity contribution in [1.82, 2.24) is 20.8 Å². The monoisotopic (exact) mass is 336 g/mol. The molecule has 134 valence electrons. The van der Waals surface area contributed by atoms with Crippen molar-refractivity contribution < 1.29 is 14.4 Å². The lowest BCUT2D eigenvalue weighted by molar-refractivity contribution is 0.153. The molecule has 24 heavy (non-hydrogen) atoms. The number of nitrogens with one attached hydrogen (secondary N) is 2.